The van der Waals surface area contributed by atoms with Crippen molar-refractivity contribution in [3.05, 3.63) is 35.9 Å². The van der Waals surface area contributed by atoms with Gasteiger partial charge in [-0.1, -0.05) is 37.3 Å². The van der Waals surface area contributed by atoms with Gasteiger partial charge in [0.05, 0.1) is 0 Å². The molecule has 0 bridgehead atoms. The van der Waals surface area contributed by atoms with Crippen LogP contribution in [-0.4, -0.2) is 30.5 Å². The number of hydrogen-bond acceptors (Lipinski definition) is 2. The number of aliphatic imine (C=N–C) groups is 1. The molecule has 1 aromatic rings. The molecule has 18 heavy (non-hydrogen) atoms. The summed E-state index contributed by atoms with van der Waals surface area (Å²) < 4.78 is 0. The monoisotopic (exact) mass is 246 g/mol. The van der Waals surface area contributed by atoms with Crippen molar-refractivity contribution in [2.45, 2.75) is 25.7 Å². The first-order valence-corrected chi connectivity index (χ1v) is 6.66. The number of nitrogens with zero attached hydrogens (tertiary/aromatic N) is 2. The Morgan fingerprint density at radius 1 is 1.44 bits per heavy atom. The van der Waals surface area contributed by atoms with Crippen LogP contribution in [0.5, 0.6) is 0 Å². The van der Waals surface area contributed by atoms with Crippen molar-refractivity contribution in [3.8, 4) is 0 Å². The van der Waals surface area contributed by atoms with Gasteiger partial charge in [0, 0.05) is 25.6 Å². The average Bonchev–Trinajstić information content (AvgIpc) is 2.90. The fraction of sp³-hybridized carbons (Fsp3) is 0.500. The number of nitrogens with two attached hydrogens (primary N) is 1. The number of hydrogen-bond donors (Lipinski definition) is 2. The van der Waals surface area contributed by atoms with Crippen LogP contribution >= 0.6 is 0 Å². The van der Waals surface area contributed by atoms with Gasteiger partial charge in [0.25, 0.3) is 0 Å². The topological polar surface area (TPSA) is 53.6 Å². The Bertz CT molecular complexity index is 388. The molecule has 4 heteroatoms. The highest BCUT2D eigenvalue weighted by Gasteiger charge is 2.25. The molecule has 4 nitrogen and oxygen atoms in total. The Hall–Kier alpha value is -1.55. The van der Waals surface area contributed by atoms with Gasteiger partial charge in [-0.2, -0.15) is 0 Å². The Morgan fingerprint density at radius 3 is 2.89 bits per heavy atom. The second-order valence-corrected chi connectivity index (χ2v) is 4.69. The third-order valence-electron chi connectivity index (χ3n) is 3.37. The van der Waals surface area contributed by atoms with Crippen molar-refractivity contribution in [1.29, 1.82) is 0 Å². The maximum absolute atomic E-state index is 5.56. The van der Waals surface area contributed by atoms with Gasteiger partial charge in [-0.05, 0) is 18.4 Å². The smallest absolute Gasteiger partial charge is 0.208 e. The summed E-state index contributed by atoms with van der Waals surface area (Å²) in [6.07, 6.45) is 2.21. The molecule has 0 radical (unpaired) electrons. The van der Waals surface area contributed by atoms with Crippen molar-refractivity contribution in [2.24, 2.45) is 10.8 Å². The van der Waals surface area contributed by atoms with Crippen LogP contribution in [0.1, 0.15) is 31.2 Å². The molecular weight excluding hydrogens is 224 g/mol. The van der Waals surface area contributed by atoms with Crippen molar-refractivity contribution >= 4 is 5.96 Å². The second kappa shape index (κ2) is 6.40. The van der Waals surface area contributed by atoms with E-state index < -0.39 is 0 Å². The fourth-order valence-corrected chi connectivity index (χ4v) is 2.40. The molecule has 1 heterocycles. The lowest BCUT2D eigenvalue weighted by Crippen LogP contribution is -2.43. The predicted molar refractivity (Wildman–Crippen MR) is 75.3 cm³/mol. The first kappa shape index (κ1) is 12.9. The van der Waals surface area contributed by atoms with E-state index in [1.165, 1.54) is 5.56 Å². The van der Waals surface area contributed by atoms with Crippen LogP contribution in [0.3, 0.4) is 0 Å². The summed E-state index contributed by atoms with van der Waals surface area (Å²) >= 11 is 0. The summed E-state index contributed by atoms with van der Waals surface area (Å²) in [5.41, 5.74) is 4.14. The molecule has 0 spiro atoms. The van der Waals surface area contributed by atoms with E-state index in [4.69, 9.17) is 5.84 Å². The molecule has 98 valence electrons. The Morgan fingerprint density at radius 2 is 2.22 bits per heavy atom. The Balaban J connectivity index is 1.99. The molecule has 0 aliphatic carbocycles. The molecule has 3 N–H and O–H groups in total. The number of hydrazine groups is 1. The van der Waals surface area contributed by atoms with Crippen molar-refractivity contribution in [1.82, 2.24) is 10.3 Å². The average molecular weight is 246 g/mol. The minimum Gasteiger partial charge on any atom is -0.341 e. The van der Waals surface area contributed by atoms with Gasteiger partial charge >= 0.3 is 0 Å². The molecular formula is C14H22N4. The standard InChI is InChI=1S/C14H22N4/c1-2-9-16-14(17-15)18-10-8-13(11-18)12-6-4-3-5-7-12/h3-7,13H,2,8-11,15H2,1H3,(H,16,17). The number of nitrogens with one attached hydrogen (secondary N) is 1. The normalized spacial score (nSPS) is 20.2. The first-order valence-electron chi connectivity index (χ1n) is 6.66. The van der Waals surface area contributed by atoms with Gasteiger partial charge in [-0.3, -0.25) is 10.4 Å². The largest absolute Gasteiger partial charge is 0.341 e. The number of benzene rings is 1. The van der Waals surface area contributed by atoms with Crippen LogP contribution < -0.4 is 11.3 Å². The molecule has 1 aliphatic rings. The number of rotatable bonds is 3. The van der Waals surface area contributed by atoms with Crippen LogP contribution in [0.25, 0.3) is 0 Å². The lowest BCUT2D eigenvalue weighted by Gasteiger charge is -2.20. The summed E-state index contributed by atoms with van der Waals surface area (Å²) in [6.45, 7) is 4.96. The second-order valence-electron chi connectivity index (χ2n) is 4.69. The van der Waals surface area contributed by atoms with Crippen molar-refractivity contribution in [2.75, 3.05) is 19.6 Å². The van der Waals surface area contributed by atoms with E-state index in [1.807, 2.05) is 0 Å². The van der Waals surface area contributed by atoms with Gasteiger partial charge < -0.3 is 4.90 Å². The molecule has 1 fully saturated rings. The minimum absolute atomic E-state index is 0.589. The summed E-state index contributed by atoms with van der Waals surface area (Å²) in [6, 6.07) is 10.7. The van der Waals surface area contributed by atoms with E-state index in [2.05, 4.69) is 52.6 Å². The molecule has 1 aliphatic heterocycles. The van der Waals surface area contributed by atoms with E-state index in [0.717, 1.165) is 38.4 Å². The molecule has 1 atom stereocenters. The van der Waals surface area contributed by atoms with Gasteiger partial charge in [0.1, 0.15) is 0 Å². The van der Waals surface area contributed by atoms with E-state index in [0.29, 0.717) is 5.92 Å². The van der Waals surface area contributed by atoms with Crippen LogP contribution in [0.4, 0.5) is 0 Å². The van der Waals surface area contributed by atoms with Gasteiger partial charge in [-0.25, -0.2) is 5.84 Å². The number of guanidine groups is 1. The third-order valence-corrected chi connectivity index (χ3v) is 3.37. The lowest BCUT2D eigenvalue weighted by molar-refractivity contribution is 0.486. The van der Waals surface area contributed by atoms with Gasteiger partial charge in [0.2, 0.25) is 5.96 Å². The predicted octanol–water partition coefficient (Wildman–Crippen LogP) is 1.71. The maximum atomic E-state index is 5.56. The zero-order chi connectivity index (χ0) is 12.8. The van der Waals surface area contributed by atoms with E-state index in [-0.39, 0.29) is 0 Å². The maximum Gasteiger partial charge on any atom is 0.208 e. The lowest BCUT2D eigenvalue weighted by atomic mass is 9.99. The highest BCUT2D eigenvalue weighted by Crippen LogP contribution is 2.26. The summed E-state index contributed by atoms with van der Waals surface area (Å²) in [7, 11) is 0. The zero-order valence-corrected chi connectivity index (χ0v) is 11.0. The van der Waals surface area contributed by atoms with Crippen LogP contribution in [-0.2, 0) is 0 Å². The molecule has 2 rings (SSSR count). The Labute approximate surface area is 109 Å². The zero-order valence-electron chi connectivity index (χ0n) is 11.0. The SMILES string of the molecule is CCCN=C(NN)N1CCC(c2ccccc2)C1. The van der Waals surface area contributed by atoms with Crippen LogP contribution in [0.2, 0.25) is 0 Å². The summed E-state index contributed by atoms with van der Waals surface area (Å²) in [5.74, 6) is 6.97. The molecule has 1 unspecified atom stereocenters. The highest BCUT2D eigenvalue weighted by atomic mass is 15.4. The molecule has 1 aromatic carbocycles. The van der Waals surface area contributed by atoms with Crippen molar-refractivity contribution < 1.29 is 0 Å². The Kier molecular flexibility index (Phi) is 4.59. The molecule has 1 saturated heterocycles. The highest BCUT2D eigenvalue weighted by molar-refractivity contribution is 5.79. The minimum atomic E-state index is 0.589. The quantitative estimate of drug-likeness (QED) is 0.369. The molecule has 0 amide bonds. The van der Waals surface area contributed by atoms with E-state index >= 15 is 0 Å². The summed E-state index contributed by atoms with van der Waals surface area (Å²) in [4.78, 5) is 6.72. The first-order chi connectivity index (χ1) is 8.85. The van der Waals surface area contributed by atoms with Crippen LogP contribution in [0, 0.1) is 0 Å². The van der Waals surface area contributed by atoms with Gasteiger partial charge in [0.15, 0.2) is 0 Å². The van der Waals surface area contributed by atoms with E-state index in [9.17, 15) is 0 Å². The van der Waals surface area contributed by atoms with Crippen LogP contribution in [0.15, 0.2) is 35.3 Å². The van der Waals surface area contributed by atoms with E-state index in [1.54, 1.807) is 0 Å². The summed E-state index contributed by atoms with van der Waals surface area (Å²) in [5, 5.41) is 0. The molecule has 0 aromatic heterocycles. The van der Waals surface area contributed by atoms with Gasteiger partial charge in [-0.15, -0.1) is 0 Å². The third kappa shape index (κ3) is 3.01. The number of likely N-dealkylation sites (tertiary alicyclic amines) is 1. The molecule has 0 saturated carbocycles. The van der Waals surface area contributed by atoms with Crippen molar-refractivity contribution in [3.63, 3.8) is 0 Å². The fourth-order valence-electron chi connectivity index (χ4n) is 2.40.